The van der Waals surface area contributed by atoms with E-state index in [0.29, 0.717) is 11.3 Å². The molecule has 11 heteroatoms. The number of nitrogen functional groups attached to an aromatic ring is 1. The van der Waals surface area contributed by atoms with Crippen molar-refractivity contribution < 1.29 is 29.4 Å². The highest BCUT2D eigenvalue weighted by Crippen LogP contribution is 2.26. The Morgan fingerprint density at radius 2 is 1.76 bits per heavy atom. The van der Waals surface area contributed by atoms with E-state index in [0.717, 1.165) is 22.8 Å². The predicted molar refractivity (Wildman–Crippen MR) is 116 cm³/mol. The van der Waals surface area contributed by atoms with Crippen molar-refractivity contribution in [1.82, 2.24) is 9.88 Å². The van der Waals surface area contributed by atoms with Crippen LogP contribution in [0.4, 0.5) is 11.5 Å². The molecule has 0 saturated carbocycles. The highest BCUT2D eigenvalue weighted by Gasteiger charge is 2.32. The van der Waals surface area contributed by atoms with Gasteiger partial charge < -0.3 is 21.3 Å². The Hall–Kier alpha value is -4.93. The lowest BCUT2D eigenvalue weighted by molar-refractivity contribution is 0.0692. The molecular weight excluding hydrogens is 432 g/mol. The SMILES string of the molecule is Cc1cc(C(=O)Nc2ccc(O)c(C(=O)O)c2)ccc1-n1c(N)c2c(cc1=O)C(=O)NC2=O. The van der Waals surface area contributed by atoms with Crippen LogP contribution < -0.4 is 21.9 Å². The fourth-order valence-electron chi connectivity index (χ4n) is 3.56. The van der Waals surface area contributed by atoms with Gasteiger partial charge in [-0.15, -0.1) is 0 Å². The second-order valence-electron chi connectivity index (χ2n) is 7.27. The standard InChI is InChI=1S/C22H16N4O7/c1-9-6-10(19(29)24-11-3-5-15(27)12(7-11)22(32)33)2-4-14(9)26-16(28)8-13-17(18(26)23)21(31)25-20(13)30/h2-8,27H,23H2,1H3,(H,24,29)(H,32,33)(H,25,30,31). The van der Waals surface area contributed by atoms with Crippen molar-refractivity contribution in [2.24, 2.45) is 0 Å². The van der Waals surface area contributed by atoms with E-state index in [1.165, 1.54) is 24.3 Å². The van der Waals surface area contributed by atoms with E-state index < -0.39 is 35.0 Å². The molecule has 1 aliphatic heterocycles. The topological polar surface area (TPSA) is 181 Å². The van der Waals surface area contributed by atoms with Crippen molar-refractivity contribution in [1.29, 1.82) is 0 Å². The molecule has 0 aliphatic carbocycles. The van der Waals surface area contributed by atoms with Gasteiger partial charge in [0.25, 0.3) is 23.3 Å². The molecule has 1 aliphatic rings. The Bertz CT molecular complexity index is 1460. The number of aromatic nitrogens is 1. The van der Waals surface area contributed by atoms with Crippen LogP contribution in [-0.4, -0.2) is 38.5 Å². The van der Waals surface area contributed by atoms with Gasteiger partial charge in [-0.05, 0) is 48.9 Å². The summed E-state index contributed by atoms with van der Waals surface area (Å²) in [6, 6.07) is 9.00. The van der Waals surface area contributed by atoms with Crippen molar-refractivity contribution in [3.8, 4) is 11.4 Å². The summed E-state index contributed by atoms with van der Waals surface area (Å²) < 4.78 is 1.08. The van der Waals surface area contributed by atoms with Crippen molar-refractivity contribution in [3.63, 3.8) is 0 Å². The lowest BCUT2D eigenvalue weighted by atomic mass is 10.1. The Labute approximate surface area is 185 Å². The number of hydrogen-bond donors (Lipinski definition) is 5. The minimum absolute atomic E-state index is 0.0950. The highest BCUT2D eigenvalue weighted by molar-refractivity contribution is 6.23. The number of nitrogens with two attached hydrogens (primary N) is 1. The first-order valence-electron chi connectivity index (χ1n) is 9.48. The third-order valence-electron chi connectivity index (χ3n) is 5.14. The van der Waals surface area contributed by atoms with E-state index in [4.69, 9.17) is 10.8 Å². The number of anilines is 2. The molecule has 1 aromatic heterocycles. The number of aryl methyl sites for hydroxylation is 1. The molecule has 0 saturated heterocycles. The number of pyridine rings is 1. The second-order valence-corrected chi connectivity index (χ2v) is 7.27. The molecule has 6 N–H and O–H groups in total. The fraction of sp³-hybridized carbons (Fsp3) is 0.0455. The van der Waals surface area contributed by atoms with E-state index in [-0.39, 0.29) is 33.8 Å². The fourth-order valence-corrected chi connectivity index (χ4v) is 3.56. The number of amides is 3. The number of carboxylic acid groups (broad SMARTS) is 1. The van der Waals surface area contributed by atoms with Crippen LogP contribution in [0, 0.1) is 6.92 Å². The average molecular weight is 448 g/mol. The maximum absolute atomic E-state index is 12.6. The van der Waals surface area contributed by atoms with Gasteiger partial charge in [-0.25, -0.2) is 4.79 Å². The summed E-state index contributed by atoms with van der Waals surface area (Å²) in [5.41, 5.74) is 5.99. The number of rotatable bonds is 4. The number of nitrogens with one attached hydrogen (secondary N) is 2. The highest BCUT2D eigenvalue weighted by atomic mass is 16.4. The third kappa shape index (κ3) is 3.57. The van der Waals surface area contributed by atoms with Crippen molar-refractivity contribution in [2.45, 2.75) is 6.92 Å². The van der Waals surface area contributed by atoms with Crippen molar-refractivity contribution in [2.75, 3.05) is 11.1 Å². The van der Waals surface area contributed by atoms with E-state index >= 15 is 0 Å². The number of fused-ring (bicyclic) bond motifs is 1. The summed E-state index contributed by atoms with van der Waals surface area (Å²) >= 11 is 0. The minimum Gasteiger partial charge on any atom is -0.507 e. The molecule has 2 heterocycles. The smallest absolute Gasteiger partial charge is 0.339 e. The largest absolute Gasteiger partial charge is 0.507 e. The van der Waals surface area contributed by atoms with Crippen molar-refractivity contribution >= 4 is 35.2 Å². The second kappa shape index (κ2) is 7.64. The van der Waals surface area contributed by atoms with Crippen LogP contribution in [0.3, 0.4) is 0 Å². The summed E-state index contributed by atoms with van der Waals surface area (Å²) in [5.74, 6) is -3.96. The first-order valence-corrected chi connectivity index (χ1v) is 9.48. The Balaban J connectivity index is 1.68. The summed E-state index contributed by atoms with van der Waals surface area (Å²) in [6.45, 7) is 1.62. The zero-order valence-corrected chi connectivity index (χ0v) is 17.0. The van der Waals surface area contributed by atoms with Crippen LogP contribution in [0.1, 0.15) is 47.0 Å². The van der Waals surface area contributed by atoms with Gasteiger partial charge in [0.15, 0.2) is 0 Å². The van der Waals surface area contributed by atoms with Crippen LogP contribution >= 0.6 is 0 Å². The molecule has 11 nitrogen and oxygen atoms in total. The molecule has 3 aromatic rings. The number of aromatic hydroxyl groups is 1. The van der Waals surface area contributed by atoms with Gasteiger partial charge in [0.2, 0.25) is 0 Å². The Morgan fingerprint density at radius 1 is 1.03 bits per heavy atom. The van der Waals surface area contributed by atoms with Crippen LogP contribution in [0.2, 0.25) is 0 Å². The van der Waals surface area contributed by atoms with Crippen LogP contribution in [0.15, 0.2) is 47.3 Å². The molecule has 0 spiro atoms. The Kier molecular flexibility index (Phi) is 4.93. The molecule has 0 radical (unpaired) electrons. The zero-order valence-electron chi connectivity index (χ0n) is 17.0. The zero-order chi connectivity index (χ0) is 24.0. The molecule has 2 aromatic carbocycles. The van der Waals surface area contributed by atoms with Crippen LogP contribution in [0.5, 0.6) is 5.75 Å². The van der Waals surface area contributed by atoms with E-state index in [1.807, 2.05) is 0 Å². The minimum atomic E-state index is -1.35. The maximum atomic E-state index is 12.6. The first-order chi connectivity index (χ1) is 15.6. The lowest BCUT2D eigenvalue weighted by Crippen LogP contribution is -2.25. The number of nitrogens with zero attached hydrogens (tertiary/aromatic N) is 1. The van der Waals surface area contributed by atoms with Gasteiger partial charge in [0, 0.05) is 17.3 Å². The number of hydrogen-bond acceptors (Lipinski definition) is 7. The van der Waals surface area contributed by atoms with Gasteiger partial charge >= 0.3 is 5.97 Å². The van der Waals surface area contributed by atoms with E-state index in [1.54, 1.807) is 6.92 Å². The van der Waals surface area contributed by atoms with Crippen LogP contribution in [-0.2, 0) is 0 Å². The molecule has 0 atom stereocenters. The van der Waals surface area contributed by atoms with Gasteiger partial charge in [-0.2, -0.15) is 0 Å². The number of aromatic carboxylic acids is 1. The van der Waals surface area contributed by atoms with Gasteiger partial charge in [0.05, 0.1) is 16.8 Å². The normalized spacial score (nSPS) is 12.3. The summed E-state index contributed by atoms with van der Waals surface area (Å²) in [4.78, 5) is 60.3. The monoisotopic (exact) mass is 448 g/mol. The van der Waals surface area contributed by atoms with E-state index in [9.17, 15) is 29.1 Å². The predicted octanol–water partition coefficient (Wildman–Crippen LogP) is 1.27. The maximum Gasteiger partial charge on any atom is 0.339 e. The number of carboxylic acids is 1. The molecule has 4 rings (SSSR count). The van der Waals surface area contributed by atoms with Crippen molar-refractivity contribution in [3.05, 3.63) is 80.6 Å². The molecule has 0 unspecified atom stereocenters. The molecule has 33 heavy (non-hydrogen) atoms. The summed E-state index contributed by atoms with van der Waals surface area (Å²) in [6.07, 6.45) is 0. The molecule has 0 fully saturated rings. The number of carbonyl (C=O) groups is 4. The van der Waals surface area contributed by atoms with Crippen LogP contribution in [0.25, 0.3) is 5.69 Å². The van der Waals surface area contributed by atoms with Gasteiger partial charge in [0.1, 0.15) is 17.1 Å². The number of phenols is 1. The summed E-state index contributed by atoms with van der Waals surface area (Å²) in [5, 5.41) is 23.3. The van der Waals surface area contributed by atoms with Gasteiger partial charge in [-0.1, -0.05) is 0 Å². The number of carbonyl (C=O) groups excluding carboxylic acids is 3. The average Bonchev–Trinajstić information content (AvgIpc) is 3.03. The number of imide groups is 1. The molecule has 166 valence electrons. The Morgan fingerprint density at radius 3 is 2.42 bits per heavy atom. The number of benzene rings is 2. The first kappa shape index (κ1) is 21.3. The third-order valence-corrected chi connectivity index (χ3v) is 5.14. The van der Waals surface area contributed by atoms with Gasteiger partial charge in [-0.3, -0.25) is 29.1 Å². The molecule has 3 amide bonds. The molecular formula is C22H16N4O7. The molecule has 0 bridgehead atoms. The summed E-state index contributed by atoms with van der Waals surface area (Å²) in [7, 11) is 0. The quantitative estimate of drug-likeness (QED) is 0.292. The lowest BCUT2D eigenvalue weighted by Gasteiger charge is -2.15. The van der Waals surface area contributed by atoms with E-state index in [2.05, 4.69) is 10.6 Å².